The summed E-state index contributed by atoms with van der Waals surface area (Å²) in [4.78, 5) is 30.9. The molecule has 4 rings (SSSR count). The lowest BCUT2D eigenvalue weighted by Gasteiger charge is -2.35. The van der Waals surface area contributed by atoms with Crippen LogP contribution in [0.4, 0.5) is 0 Å². The third kappa shape index (κ3) is 4.58. The van der Waals surface area contributed by atoms with Gasteiger partial charge < -0.3 is 4.90 Å². The normalized spacial score (nSPS) is 21.6. The molecule has 0 radical (unpaired) electrons. The molecular formula is C20H31N5O2. The molecular weight excluding hydrogens is 342 g/mol. The third-order valence-corrected chi connectivity index (χ3v) is 6.22. The zero-order valence-corrected chi connectivity index (χ0v) is 16.2. The molecule has 2 fully saturated rings. The minimum atomic E-state index is 0.0459. The van der Waals surface area contributed by atoms with Crippen molar-refractivity contribution in [2.45, 2.75) is 45.1 Å². The second-order valence-corrected chi connectivity index (χ2v) is 8.05. The van der Waals surface area contributed by atoms with Gasteiger partial charge >= 0.3 is 0 Å². The highest BCUT2D eigenvalue weighted by atomic mass is 16.2. The van der Waals surface area contributed by atoms with E-state index in [1.165, 1.54) is 12.8 Å². The van der Waals surface area contributed by atoms with Gasteiger partial charge in [-0.1, -0.05) is 0 Å². The Morgan fingerprint density at radius 1 is 0.778 bits per heavy atom. The number of likely N-dealkylation sites (tertiary alicyclic amines) is 1. The van der Waals surface area contributed by atoms with E-state index in [1.54, 1.807) is 10.7 Å². The van der Waals surface area contributed by atoms with Gasteiger partial charge in [-0.3, -0.25) is 19.4 Å². The molecule has 1 aliphatic carbocycles. The highest BCUT2D eigenvalue weighted by Crippen LogP contribution is 2.17. The van der Waals surface area contributed by atoms with Crippen LogP contribution in [0.25, 0.3) is 0 Å². The van der Waals surface area contributed by atoms with E-state index in [-0.39, 0.29) is 5.56 Å². The zero-order valence-electron chi connectivity index (χ0n) is 16.2. The number of aryl methyl sites for hydroxylation is 2. The van der Waals surface area contributed by atoms with Gasteiger partial charge in [0, 0.05) is 64.8 Å². The molecule has 3 heterocycles. The molecule has 0 spiro atoms. The molecule has 7 heteroatoms. The zero-order chi connectivity index (χ0) is 18.6. The first-order valence-corrected chi connectivity index (χ1v) is 10.5. The molecule has 2 saturated heterocycles. The molecule has 1 aromatic heterocycles. The maximum absolute atomic E-state index is 12.3. The minimum absolute atomic E-state index is 0.0459. The van der Waals surface area contributed by atoms with E-state index in [0.717, 1.165) is 89.3 Å². The number of amides is 1. The summed E-state index contributed by atoms with van der Waals surface area (Å²) in [6.45, 7) is 8.45. The van der Waals surface area contributed by atoms with Crippen LogP contribution in [0.2, 0.25) is 0 Å². The summed E-state index contributed by atoms with van der Waals surface area (Å²) in [5.41, 5.74) is 2.33. The Hall–Kier alpha value is -1.73. The van der Waals surface area contributed by atoms with Crippen molar-refractivity contribution in [3.05, 3.63) is 27.7 Å². The number of carbonyl (C=O) groups is 1. The first kappa shape index (κ1) is 18.6. The maximum atomic E-state index is 12.3. The summed E-state index contributed by atoms with van der Waals surface area (Å²) in [6.07, 6.45) is 6.11. The Kier molecular flexibility index (Phi) is 5.88. The molecule has 1 aromatic rings. The van der Waals surface area contributed by atoms with Crippen LogP contribution in [0.5, 0.6) is 0 Å². The van der Waals surface area contributed by atoms with Gasteiger partial charge in [0.1, 0.15) is 0 Å². The highest BCUT2D eigenvalue weighted by Gasteiger charge is 2.22. The third-order valence-electron chi connectivity index (χ3n) is 6.22. The first-order chi connectivity index (χ1) is 13.2. The van der Waals surface area contributed by atoms with Crippen LogP contribution >= 0.6 is 0 Å². The second-order valence-electron chi connectivity index (χ2n) is 8.05. The molecule has 27 heavy (non-hydrogen) atoms. The molecule has 0 saturated carbocycles. The fraction of sp³-hybridized carbons (Fsp3) is 0.750. The molecule has 3 aliphatic rings. The predicted octanol–water partition coefficient (Wildman–Crippen LogP) is 0.362. The van der Waals surface area contributed by atoms with Gasteiger partial charge in [0.05, 0.1) is 12.2 Å². The summed E-state index contributed by atoms with van der Waals surface area (Å²) in [7, 11) is 0. The van der Waals surface area contributed by atoms with E-state index in [1.807, 2.05) is 4.90 Å². The monoisotopic (exact) mass is 373 g/mol. The van der Waals surface area contributed by atoms with E-state index in [4.69, 9.17) is 0 Å². The van der Waals surface area contributed by atoms with Gasteiger partial charge in [-0.25, -0.2) is 4.68 Å². The fourth-order valence-electron chi connectivity index (χ4n) is 4.44. The summed E-state index contributed by atoms with van der Waals surface area (Å²) in [5, 5.41) is 4.62. The molecule has 0 unspecified atom stereocenters. The maximum Gasteiger partial charge on any atom is 0.267 e. The Balaban J connectivity index is 1.22. The Labute approximate surface area is 160 Å². The van der Waals surface area contributed by atoms with Crippen molar-refractivity contribution in [2.24, 2.45) is 0 Å². The van der Waals surface area contributed by atoms with E-state index >= 15 is 0 Å². The molecule has 7 nitrogen and oxygen atoms in total. The number of piperazine rings is 1. The number of carbonyl (C=O) groups excluding carboxylic acids is 1. The van der Waals surface area contributed by atoms with Crippen molar-refractivity contribution in [2.75, 3.05) is 52.4 Å². The van der Waals surface area contributed by atoms with Gasteiger partial charge in [-0.05, 0) is 37.7 Å². The lowest BCUT2D eigenvalue weighted by atomic mass is 9.97. The molecule has 0 aromatic carbocycles. The van der Waals surface area contributed by atoms with Crippen LogP contribution in [0.15, 0.2) is 10.9 Å². The molecule has 0 bridgehead atoms. The van der Waals surface area contributed by atoms with Crippen molar-refractivity contribution in [1.82, 2.24) is 24.5 Å². The van der Waals surface area contributed by atoms with Crippen LogP contribution in [0.3, 0.4) is 0 Å². The summed E-state index contributed by atoms with van der Waals surface area (Å²) in [5.74, 6) is 0.316. The van der Waals surface area contributed by atoms with Gasteiger partial charge in [0.25, 0.3) is 5.56 Å². The Bertz CT molecular complexity index is 724. The molecule has 1 amide bonds. The number of rotatable bonds is 6. The van der Waals surface area contributed by atoms with Crippen molar-refractivity contribution in [1.29, 1.82) is 0 Å². The van der Waals surface area contributed by atoms with Crippen LogP contribution in [-0.4, -0.2) is 82.7 Å². The van der Waals surface area contributed by atoms with Gasteiger partial charge in [-0.15, -0.1) is 0 Å². The molecule has 2 aliphatic heterocycles. The second kappa shape index (κ2) is 8.52. The van der Waals surface area contributed by atoms with Crippen LogP contribution < -0.4 is 5.56 Å². The van der Waals surface area contributed by atoms with Crippen LogP contribution in [-0.2, 0) is 24.2 Å². The number of fused-ring (bicyclic) bond motifs is 1. The topological polar surface area (TPSA) is 61.7 Å². The molecule has 0 atom stereocenters. The number of aromatic nitrogens is 2. The van der Waals surface area contributed by atoms with E-state index in [9.17, 15) is 9.59 Å². The van der Waals surface area contributed by atoms with Crippen molar-refractivity contribution in [3.8, 4) is 0 Å². The van der Waals surface area contributed by atoms with Gasteiger partial charge in [-0.2, -0.15) is 5.10 Å². The quantitative estimate of drug-likeness (QED) is 0.721. The smallest absolute Gasteiger partial charge is 0.267 e. The minimum Gasteiger partial charge on any atom is -0.341 e. The first-order valence-electron chi connectivity index (χ1n) is 10.5. The lowest BCUT2D eigenvalue weighted by molar-refractivity contribution is -0.127. The Morgan fingerprint density at radius 2 is 1.48 bits per heavy atom. The van der Waals surface area contributed by atoms with Crippen molar-refractivity contribution < 1.29 is 4.79 Å². The van der Waals surface area contributed by atoms with Crippen molar-refractivity contribution >= 4 is 5.91 Å². The van der Waals surface area contributed by atoms with E-state index in [2.05, 4.69) is 14.9 Å². The number of hydrogen-bond acceptors (Lipinski definition) is 5. The summed E-state index contributed by atoms with van der Waals surface area (Å²) < 4.78 is 1.66. The van der Waals surface area contributed by atoms with E-state index in [0.29, 0.717) is 12.5 Å². The average Bonchev–Trinajstić information content (AvgIpc) is 3.10. The SMILES string of the molecule is O=C1CCCN1CCN1CCN(CCn2nc3c(cc2=O)CCCC3)CC1. The average molecular weight is 374 g/mol. The van der Waals surface area contributed by atoms with E-state index < -0.39 is 0 Å². The number of nitrogens with zero attached hydrogens (tertiary/aromatic N) is 5. The summed E-state index contributed by atoms with van der Waals surface area (Å²) >= 11 is 0. The lowest BCUT2D eigenvalue weighted by Crippen LogP contribution is -2.49. The van der Waals surface area contributed by atoms with Crippen LogP contribution in [0.1, 0.15) is 36.9 Å². The molecule has 148 valence electrons. The van der Waals surface area contributed by atoms with Crippen molar-refractivity contribution in [3.63, 3.8) is 0 Å². The van der Waals surface area contributed by atoms with Gasteiger partial charge in [0.2, 0.25) is 5.91 Å². The van der Waals surface area contributed by atoms with Gasteiger partial charge in [0.15, 0.2) is 0 Å². The standard InChI is InChI=1S/C20H31N5O2/c26-19-6-3-7-24(19)14-12-22-8-10-23(11-9-22)13-15-25-20(27)16-17-4-1-2-5-18(17)21-25/h16H,1-15H2. The summed E-state index contributed by atoms with van der Waals surface area (Å²) in [6, 6.07) is 1.80. The largest absolute Gasteiger partial charge is 0.341 e. The number of hydrogen-bond donors (Lipinski definition) is 0. The molecule has 0 N–H and O–H groups in total. The fourth-order valence-corrected chi connectivity index (χ4v) is 4.44. The Morgan fingerprint density at radius 3 is 2.19 bits per heavy atom. The predicted molar refractivity (Wildman–Crippen MR) is 104 cm³/mol. The highest BCUT2D eigenvalue weighted by molar-refractivity contribution is 5.78. The van der Waals surface area contributed by atoms with Crippen LogP contribution in [0, 0.1) is 0 Å².